The van der Waals surface area contributed by atoms with Gasteiger partial charge in [-0.25, -0.2) is 0 Å². The lowest BCUT2D eigenvalue weighted by Crippen LogP contribution is -2.52. The molecule has 0 aromatic carbocycles. The molecule has 3 fully saturated rings. The summed E-state index contributed by atoms with van der Waals surface area (Å²) in [6.07, 6.45) is 10.9. The summed E-state index contributed by atoms with van der Waals surface area (Å²) in [5, 5.41) is 9.03. The molecule has 1 aliphatic heterocycles. The van der Waals surface area contributed by atoms with E-state index in [0.717, 1.165) is 25.4 Å². The van der Waals surface area contributed by atoms with Crippen LogP contribution in [0.5, 0.6) is 0 Å². The highest BCUT2D eigenvalue weighted by atomic mass is 16.3. The summed E-state index contributed by atoms with van der Waals surface area (Å²) in [4.78, 5) is 17.3. The highest BCUT2D eigenvalue weighted by Gasteiger charge is 2.37. The van der Waals surface area contributed by atoms with E-state index in [1.54, 1.807) is 0 Å². The zero-order valence-corrected chi connectivity index (χ0v) is 13.2. The van der Waals surface area contributed by atoms with E-state index in [-0.39, 0.29) is 6.61 Å². The fourth-order valence-corrected chi connectivity index (χ4v) is 4.30. The van der Waals surface area contributed by atoms with E-state index in [0.29, 0.717) is 24.5 Å². The number of fused-ring (bicyclic) bond motifs is 1. The minimum atomic E-state index is 0.228. The minimum Gasteiger partial charge on any atom is -0.396 e. The lowest BCUT2D eigenvalue weighted by Gasteiger charge is -2.44. The summed E-state index contributed by atoms with van der Waals surface area (Å²) in [6, 6.07) is 1.13. The van der Waals surface area contributed by atoms with Crippen LogP contribution in [0.3, 0.4) is 0 Å². The summed E-state index contributed by atoms with van der Waals surface area (Å²) in [5.41, 5.74) is 0. The lowest BCUT2D eigenvalue weighted by molar-refractivity contribution is -0.139. The van der Waals surface area contributed by atoms with Gasteiger partial charge in [0, 0.05) is 31.8 Å². The lowest BCUT2D eigenvalue weighted by atomic mass is 9.78. The van der Waals surface area contributed by atoms with Crippen molar-refractivity contribution in [3.05, 3.63) is 0 Å². The second-order valence-corrected chi connectivity index (χ2v) is 7.12. The second-order valence-electron chi connectivity index (χ2n) is 7.12. The first-order chi connectivity index (χ1) is 10.3. The zero-order chi connectivity index (χ0) is 14.7. The average molecular weight is 294 g/mol. The van der Waals surface area contributed by atoms with Crippen LogP contribution >= 0.6 is 0 Å². The Hall–Kier alpha value is -0.610. The number of likely N-dealkylation sites (tertiary alicyclic amines) is 1. The molecule has 0 aromatic rings. The van der Waals surface area contributed by atoms with Crippen LogP contribution in [0.2, 0.25) is 0 Å². The predicted molar refractivity (Wildman–Crippen MR) is 83.0 cm³/mol. The van der Waals surface area contributed by atoms with Crippen molar-refractivity contribution < 1.29 is 9.90 Å². The van der Waals surface area contributed by atoms with Gasteiger partial charge in [-0.15, -0.1) is 0 Å². The predicted octanol–water partition coefficient (Wildman–Crippen LogP) is 2.01. The highest BCUT2D eigenvalue weighted by Crippen LogP contribution is 2.35. The summed E-state index contributed by atoms with van der Waals surface area (Å²) in [5.74, 6) is 1.11. The number of rotatable bonds is 6. The molecule has 4 nitrogen and oxygen atoms in total. The van der Waals surface area contributed by atoms with E-state index >= 15 is 0 Å². The summed E-state index contributed by atoms with van der Waals surface area (Å²) < 4.78 is 0. The fraction of sp³-hybridized carbons (Fsp3) is 0.941. The molecule has 1 N–H and O–H groups in total. The largest absolute Gasteiger partial charge is 0.396 e. The molecule has 0 radical (unpaired) electrons. The molecule has 4 heteroatoms. The van der Waals surface area contributed by atoms with Crippen LogP contribution in [-0.2, 0) is 4.79 Å². The number of piperidine rings is 1. The van der Waals surface area contributed by atoms with Crippen molar-refractivity contribution in [1.29, 1.82) is 0 Å². The Labute approximate surface area is 128 Å². The molecule has 21 heavy (non-hydrogen) atoms. The number of aliphatic hydroxyl groups is 1. The van der Waals surface area contributed by atoms with E-state index in [9.17, 15) is 4.79 Å². The van der Waals surface area contributed by atoms with E-state index < -0.39 is 0 Å². The van der Waals surface area contributed by atoms with Crippen molar-refractivity contribution in [3.63, 3.8) is 0 Å². The van der Waals surface area contributed by atoms with Gasteiger partial charge in [-0.05, 0) is 50.9 Å². The molecular weight excluding hydrogens is 264 g/mol. The molecular formula is C17H30N2O2. The monoisotopic (exact) mass is 294 g/mol. The third-order valence-electron chi connectivity index (χ3n) is 5.57. The van der Waals surface area contributed by atoms with E-state index in [1.807, 2.05) is 0 Å². The third kappa shape index (κ3) is 3.78. The van der Waals surface area contributed by atoms with Gasteiger partial charge < -0.3 is 10.0 Å². The quantitative estimate of drug-likeness (QED) is 0.815. The smallest absolute Gasteiger partial charge is 0.237 e. The van der Waals surface area contributed by atoms with Gasteiger partial charge in [-0.2, -0.15) is 0 Å². The van der Waals surface area contributed by atoms with Gasteiger partial charge in [-0.1, -0.05) is 12.8 Å². The number of carbonyl (C=O) groups excluding carboxylic acids is 1. The number of nitrogens with zero attached hydrogens (tertiary/aromatic N) is 2. The van der Waals surface area contributed by atoms with Crippen LogP contribution in [0.15, 0.2) is 0 Å². The SMILES string of the molecule is O=C(CN(CCCO)C1CC1)N1CCCC2CCCCC21. The maximum absolute atomic E-state index is 12.8. The topological polar surface area (TPSA) is 43.8 Å². The van der Waals surface area contributed by atoms with Crippen molar-refractivity contribution in [2.24, 2.45) is 5.92 Å². The third-order valence-corrected chi connectivity index (χ3v) is 5.57. The molecule has 2 atom stereocenters. The molecule has 2 aliphatic carbocycles. The van der Waals surface area contributed by atoms with Crippen LogP contribution < -0.4 is 0 Å². The Morgan fingerprint density at radius 1 is 1.10 bits per heavy atom. The summed E-state index contributed by atoms with van der Waals surface area (Å²) in [7, 11) is 0. The van der Waals surface area contributed by atoms with Crippen molar-refractivity contribution in [2.75, 3.05) is 26.2 Å². The maximum Gasteiger partial charge on any atom is 0.237 e. The molecule has 1 saturated heterocycles. The van der Waals surface area contributed by atoms with Gasteiger partial charge >= 0.3 is 0 Å². The molecule has 0 bridgehead atoms. The number of carbonyl (C=O) groups is 1. The summed E-state index contributed by atoms with van der Waals surface area (Å²) in [6.45, 7) is 2.65. The molecule has 2 saturated carbocycles. The van der Waals surface area contributed by atoms with E-state index in [4.69, 9.17) is 5.11 Å². The Bertz CT molecular complexity index is 355. The second kappa shape index (κ2) is 7.10. The van der Waals surface area contributed by atoms with Gasteiger partial charge in [0.05, 0.1) is 6.54 Å². The Morgan fingerprint density at radius 3 is 2.62 bits per heavy atom. The average Bonchev–Trinajstić information content (AvgIpc) is 3.35. The Kier molecular flexibility index (Phi) is 5.17. The number of aliphatic hydroxyl groups excluding tert-OH is 1. The van der Waals surface area contributed by atoms with Crippen molar-refractivity contribution >= 4 is 5.91 Å². The Morgan fingerprint density at radius 2 is 1.86 bits per heavy atom. The minimum absolute atomic E-state index is 0.228. The van der Waals surface area contributed by atoms with Gasteiger partial charge in [0.2, 0.25) is 5.91 Å². The molecule has 0 aromatic heterocycles. The maximum atomic E-state index is 12.8. The van der Waals surface area contributed by atoms with Gasteiger partial charge in [0.15, 0.2) is 0 Å². The van der Waals surface area contributed by atoms with Crippen molar-refractivity contribution in [1.82, 2.24) is 9.80 Å². The van der Waals surface area contributed by atoms with Crippen LogP contribution in [0, 0.1) is 5.92 Å². The molecule has 120 valence electrons. The summed E-state index contributed by atoms with van der Waals surface area (Å²) >= 11 is 0. The van der Waals surface area contributed by atoms with Crippen molar-refractivity contribution in [2.45, 2.75) is 69.9 Å². The van der Waals surface area contributed by atoms with Crippen molar-refractivity contribution in [3.8, 4) is 0 Å². The van der Waals surface area contributed by atoms with Crippen LogP contribution in [0.1, 0.15) is 57.8 Å². The molecule has 0 spiro atoms. The van der Waals surface area contributed by atoms with Crippen LogP contribution in [0.4, 0.5) is 0 Å². The van der Waals surface area contributed by atoms with Gasteiger partial charge in [0.25, 0.3) is 0 Å². The van der Waals surface area contributed by atoms with Gasteiger partial charge in [0.1, 0.15) is 0 Å². The van der Waals surface area contributed by atoms with Crippen LogP contribution in [-0.4, -0.2) is 59.1 Å². The Balaban J connectivity index is 1.57. The highest BCUT2D eigenvalue weighted by molar-refractivity contribution is 5.78. The number of hydrogen-bond acceptors (Lipinski definition) is 3. The number of amides is 1. The molecule has 3 rings (SSSR count). The first-order valence-electron chi connectivity index (χ1n) is 8.94. The zero-order valence-electron chi connectivity index (χ0n) is 13.2. The molecule has 2 unspecified atom stereocenters. The first-order valence-corrected chi connectivity index (χ1v) is 8.94. The van der Waals surface area contributed by atoms with E-state index in [1.165, 1.54) is 51.4 Å². The fourth-order valence-electron chi connectivity index (χ4n) is 4.30. The molecule has 1 amide bonds. The standard InChI is InChI=1S/C17H30N2O2/c20-12-4-10-18(15-8-9-15)13-17(21)19-11-3-6-14-5-1-2-7-16(14)19/h14-16,20H,1-13H2. The molecule has 3 aliphatic rings. The van der Waals surface area contributed by atoms with Crippen LogP contribution in [0.25, 0.3) is 0 Å². The normalized spacial score (nSPS) is 29.5. The van der Waals surface area contributed by atoms with E-state index in [2.05, 4.69) is 9.80 Å². The number of hydrogen-bond donors (Lipinski definition) is 1. The first kappa shape index (κ1) is 15.3. The van der Waals surface area contributed by atoms with Gasteiger partial charge in [-0.3, -0.25) is 9.69 Å². The molecule has 1 heterocycles.